The smallest absolute Gasteiger partial charge is 0.143 e. The van der Waals surface area contributed by atoms with Gasteiger partial charge in [-0.25, -0.2) is 0 Å². The van der Waals surface area contributed by atoms with Crippen molar-refractivity contribution < 1.29 is 4.74 Å². The fraction of sp³-hybridized carbons (Fsp3) is 0.133. The van der Waals surface area contributed by atoms with Gasteiger partial charge in [-0.3, -0.25) is 0 Å². The zero-order valence-corrected chi connectivity index (χ0v) is 19.1. The molecule has 0 saturated heterocycles. The molecule has 0 fully saturated rings. The number of rotatable bonds is 7. The fourth-order valence-electron chi connectivity index (χ4n) is 4.82. The van der Waals surface area contributed by atoms with Gasteiger partial charge in [0, 0.05) is 12.8 Å². The van der Waals surface area contributed by atoms with Gasteiger partial charge in [0.2, 0.25) is 0 Å². The van der Waals surface area contributed by atoms with E-state index in [-0.39, 0.29) is 0 Å². The summed E-state index contributed by atoms with van der Waals surface area (Å²) in [6, 6.07) is 43.8. The summed E-state index contributed by atoms with van der Waals surface area (Å²) in [6.45, 7) is 0.623. The van der Waals surface area contributed by atoms with E-state index in [1.807, 2.05) is 0 Å². The molecule has 0 radical (unpaired) electrons. The van der Waals surface area contributed by atoms with Crippen molar-refractivity contribution in [3.63, 3.8) is 0 Å². The molecular weight excluding hydrogens is 407 g/mol. The average molecular weight is 436 g/mol. The summed E-state index contributed by atoms with van der Waals surface area (Å²) in [5.41, 5.74) is 1.22. The Kier molecular flexibility index (Phi) is 6.19. The molecule has 0 saturated carbocycles. The highest BCUT2D eigenvalue weighted by atomic mass is 31.2. The van der Waals surface area contributed by atoms with Crippen LogP contribution in [0.4, 0.5) is 0 Å². The van der Waals surface area contributed by atoms with Crippen LogP contribution in [0.2, 0.25) is 0 Å². The molecule has 0 spiro atoms. The molecule has 0 aromatic heterocycles. The monoisotopic (exact) mass is 435 g/mol. The van der Waals surface area contributed by atoms with Crippen molar-refractivity contribution in [1.29, 1.82) is 0 Å². The van der Waals surface area contributed by atoms with Gasteiger partial charge in [-0.1, -0.05) is 84.9 Å². The average Bonchev–Trinajstić information content (AvgIpc) is 3.35. The molecule has 32 heavy (non-hydrogen) atoms. The second-order valence-corrected chi connectivity index (χ2v) is 11.6. The van der Waals surface area contributed by atoms with Gasteiger partial charge in [0.25, 0.3) is 0 Å². The van der Waals surface area contributed by atoms with E-state index in [0.717, 1.165) is 19.3 Å². The lowest BCUT2D eigenvalue weighted by Gasteiger charge is -2.29. The number of ether oxygens (including phenoxy) is 1. The minimum Gasteiger partial charge on any atom is -0.489 e. The van der Waals surface area contributed by atoms with Gasteiger partial charge >= 0.3 is 0 Å². The van der Waals surface area contributed by atoms with Crippen molar-refractivity contribution in [3.8, 4) is 0 Å². The van der Waals surface area contributed by atoms with Crippen molar-refractivity contribution in [1.82, 2.24) is 0 Å². The molecule has 1 nitrogen and oxygen atoms in total. The van der Waals surface area contributed by atoms with Crippen molar-refractivity contribution >= 4 is 23.2 Å². The second-order valence-electron chi connectivity index (χ2n) is 8.18. The van der Waals surface area contributed by atoms with E-state index in [1.165, 1.54) is 32.6 Å². The van der Waals surface area contributed by atoms with E-state index in [0.29, 0.717) is 6.61 Å². The quantitative estimate of drug-likeness (QED) is 0.298. The minimum atomic E-state index is -2.02. The van der Waals surface area contributed by atoms with E-state index in [2.05, 4.69) is 121 Å². The molecule has 0 aliphatic heterocycles. The second kappa shape index (κ2) is 9.55. The molecule has 158 valence electrons. The third-order valence-corrected chi connectivity index (χ3v) is 10.7. The molecule has 4 aromatic carbocycles. The zero-order chi connectivity index (χ0) is 21.6. The van der Waals surface area contributed by atoms with Gasteiger partial charge in [0.15, 0.2) is 0 Å². The fourth-order valence-corrected chi connectivity index (χ4v) is 9.56. The molecule has 0 amide bonds. The first-order valence-electron chi connectivity index (χ1n) is 11.3. The zero-order valence-electron chi connectivity index (χ0n) is 18.2. The van der Waals surface area contributed by atoms with Gasteiger partial charge in [0.1, 0.15) is 40.9 Å². The van der Waals surface area contributed by atoms with Crippen molar-refractivity contribution in [3.05, 3.63) is 138 Å². The van der Waals surface area contributed by atoms with E-state index < -0.39 is 7.26 Å². The molecule has 5 rings (SSSR count). The molecule has 1 aliphatic carbocycles. The van der Waals surface area contributed by atoms with Crippen molar-refractivity contribution in [2.45, 2.75) is 25.9 Å². The summed E-state index contributed by atoms with van der Waals surface area (Å²) in [5, 5.41) is 5.69. The van der Waals surface area contributed by atoms with Crippen LogP contribution < -0.4 is 15.9 Å². The van der Waals surface area contributed by atoms with Crippen LogP contribution in [-0.2, 0) is 11.3 Å². The maximum Gasteiger partial charge on any atom is 0.143 e. The van der Waals surface area contributed by atoms with E-state index >= 15 is 0 Å². The maximum absolute atomic E-state index is 6.58. The number of allylic oxidation sites excluding steroid dienone is 2. The molecule has 0 atom stereocenters. The lowest BCUT2D eigenvalue weighted by molar-refractivity contribution is 0.192. The largest absolute Gasteiger partial charge is 0.489 e. The van der Waals surface area contributed by atoms with E-state index in [4.69, 9.17) is 4.74 Å². The van der Waals surface area contributed by atoms with Crippen LogP contribution in [0.3, 0.4) is 0 Å². The highest BCUT2D eigenvalue weighted by Gasteiger charge is 2.52. The first kappa shape index (κ1) is 20.7. The molecule has 2 heteroatoms. The summed E-state index contributed by atoms with van der Waals surface area (Å²) < 4.78 is 6.58. The molecule has 0 bridgehead atoms. The lowest BCUT2D eigenvalue weighted by Crippen LogP contribution is -2.32. The highest BCUT2D eigenvalue weighted by molar-refractivity contribution is 7.99. The first-order valence-corrected chi connectivity index (χ1v) is 13.1. The first-order chi connectivity index (χ1) is 15.9. The van der Waals surface area contributed by atoms with Gasteiger partial charge in [-0.05, 0) is 48.4 Å². The van der Waals surface area contributed by atoms with Crippen LogP contribution in [0, 0.1) is 0 Å². The highest BCUT2D eigenvalue weighted by Crippen LogP contribution is 2.66. The molecule has 0 heterocycles. The van der Waals surface area contributed by atoms with E-state index in [9.17, 15) is 0 Å². The summed E-state index contributed by atoms with van der Waals surface area (Å²) in [4.78, 5) is 0. The predicted octanol–water partition coefficient (Wildman–Crippen LogP) is 6.59. The van der Waals surface area contributed by atoms with Crippen LogP contribution in [0.15, 0.2) is 132 Å². The summed E-state index contributed by atoms with van der Waals surface area (Å²) in [7, 11) is -2.02. The van der Waals surface area contributed by atoms with Crippen LogP contribution in [0.5, 0.6) is 0 Å². The van der Waals surface area contributed by atoms with Crippen molar-refractivity contribution in [2.75, 3.05) is 0 Å². The summed E-state index contributed by atoms with van der Waals surface area (Å²) >= 11 is 0. The molecule has 0 N–H and O–H groups in total. The van der Waals surface area contributed by atoms with E-state index in [1.54, 1.807) is 0 Å². The molecule has 0 unspecified atom stereocenters. The maximum atomic E-state index is 6.58. The van der Waals surface area contributed by atoms with Crippen LogP contribution in [-0.4, -0.2) is 0 Å². The van der Waals surface area contributed by atoms with Crippen LogP contribution in [0.1, 0.15) is 24.8 Å². The predicted molar refractivity (Wildman–Crippen MR) is 137 cm³/mol. The molecule has 1 aliphatic rings. The van der Waals surface area contributed by atoms with Gasteiger partial charge in [0.05, 0.1) is 0 Å². The Morgan fingerprint density at radius 3 is 1.44 bits per heavy atom. The third kappa shape index (κ3) is 3.90. The molecular formula is C30H28OP+. The lowest BCUT2D eigenvalue weighted by atomic mass is 10.2. The molecule has 4 aromatic rings. The van der Waals surface area contributed by atoms with Gasteiger partial charge < -0.3 is 4.74 Å². The normalized spacial score (nSPS) is 13.9. The van der Waals surface area contributed by atoms with Gasteiger partial charge in [-0.15, -0.1) is 0 Å². The topological polar surface area (TPSA) is 9.23 Å². The Bertz CT molecular complexity index is 1070. The Labute approximate surface area is 191 Å². The standard InChI is InChI=1S/C30H28OP/c1-5-14-25(15-6-1)24-31-29-22-13-23-30(29)32(26-16-7-2-8-17-26,27-18-9-3-10-19-27)28-20-11-4-12-21-28/h1-12,14-21H,13,22-24H2/q+1. The SMILES string of the molecule is c1ccc(COC2=C([P+](c3ccccc3)(c3ccccc3)c3ccccc3)CCC2)cc1. The number of benzene rings is 4. The van der Waals surface area contributed by atoms with Crippen LogP contribution in [0.25, 0.3) is 0 Å². The number of hydrogen-bond donors (Lipinski definition) is 0. The third-order valence-electron chi connectivity index (χ3n) is 6.23. The Morgan fingerprint density at radius 1 is 0.531 bits per heavy atom. The Morgan fingerprint density at radius 2 is 0.969 bits per heavy atom. The summed E-state index contributed by atoms with van der Waals surface area (Å²) in [5.74, 6) is 1.19. The van der Waals surface area contributed by atoms with Crippen LogP contribution >= 0.6 is 7.26 Å². The number of hydrogen-bond acceptors (Lipinski definition) is 1. The Hall–Kier alpha value is -3.15. The van der Waals surface area contributed by atoms with Gasteiger partial charge in [-0.2, -0.15) is 0 Å². The minimum absolute atomic E-state index is 0.623. The summed E-state index contributed by atoms with van der Waals surface area (Å²) in [6.07, 6.45) is 3.24. The van der Waals surface area contributed by atoms with Crippen molar-refractivity contribution in [2.24, 2.45) is 0 Å². The Balaban J connectivity index is 1.72.